The zero-order chi connectivity index (χ0) is 19.2. The van der Waals surface area contributed by atoms with E-state index in [9.17, 15) is 9.59 Å². The highest BCUT2D eigenvalue weighted by Crippen LogP contribution is 2.26. The van der Waals surface area contributed by atoms with Gasteiger partial charge in [-0.2, -0.15) is 0 Å². The molecule has 0 saturated carbocycles. The first kappa shape index (κ1) is 18.7. The molecule has 0 aromatic heterocycles. The molecule has 3 N–H and O–H groups in total. The van der Waals surface area contributed by atoms with Gasteiger partial charge < -0.3 is 20.5 Å². The Morgan fingerprint density at radius 1 is 1.22 bits per heavy atom. The van der Waals surface area contributed by atoms with Gasteiger partial charge in [-0.25, -0.2) is 0 Å². The Balaban J connectivity index is 1.84. The van der Waals surface area contributed by atoms with Gasteiger partial charge in [0.15, 0.2) is 0 Å². The number of allylic oxidation sites excluding steroid dienone is 1. The average molecular weight is 369 g/mol. The summed E-state index contributed by atoms with van der Waals surface area (Å²) in [6.45, 7) is 0.343. The van der Waals surface area contributed by atoms with Crippen LogP contribution < -0.4 is 10.6 Å². The van der Waals surface area contributed by atoms with Gasteiger partial charge in [-0.05, 0) is 30.9 Å². The number of benzene rings is 1. The number of aliphatic imine (C=N–C) groups is 1. The smallest absolute Gasteiger partial charge is 0.314 e. The number of dihydropyridines is 1. The van der Waals surface area contributed by atoms with Gasteiger partial charge in [-0.1, -0.05) is 30.3 Å². The highest BCUT2D eigenvalue weighted by Gasteiger charge is 2.28. The van der Waals surface area contributed by atoms with Crippen molar-refractivity contribution in [3.05, 3.63) is 53.4 Å². The molecular formula is C20H23N3O4. The second-order valence-electron chi connectivity index (χ2n) is 6.47. The van der Waals surface area contributed by atoms with Gasteiger partial charge in [0.2, 0.25) is 0 Å². The third-order valence-electron chi connectivity index (χ3n) is 4.53. The van der Waals surface area contributed by atoms with Crippen molar-refractivity contribution in [2.24, 2.45) is 10.9 Å². The van der Waals surface area contributed by atoms with Gasteiger partial charge in [-0.15, -0.1) is 0 Å². The van der Waals surface area contributed by atoms with Crippen molar-refractivity contribution >= 4 is 23.5 Å². The summed E-state index contributed by atoms with van der Waals surface area (Å²) < 4.78 is 4.82. The zero-order valence-corrected chi connectivity index (χ0v) is 15.2. The van der Waals surface area contributed by atoms with E-state index in [1.807, 2.05) is 36.4 Å². The van der Waals surface area contributed by atoms with Crippen LogP contribution in [0.2, 0.25) is 0 Å². The Morgan fingerprint density at radius 3 is 2.70 bits per heavy atom. The van der Waals surface area contributed by atoms with Gasteiger partial charge in [0, 0.05) is 12.1 Å². The van der Waals surface area contributed by atoms with Crippen LogP contribution in [-0.2, 0) is 14.3 Å². The lowest BCUT2D eigenvalue weighted by molar-refractivity contribution is -0.143. The van der Waals surface area contributed by atoms with Crippen LogP contribution in [0.3, 0.4) is 0 Å². The summed E-state index contributed by atoms with van der Waals surface area (Å²) in [5, 5.41) is 15.6. The van der Waals surface area contributed by atoms with E-state index in [0.29, 0.717) is 25.2 Å². The van der Waals surface area contributed by atoms with Crippen LogP contribution in [0.1, 0.15) is 31.2 Å². The first-order valence-electron chi connectivity index (χ1n) is 8.97. The summed E-state index contributed by atoms with van der Waals surface area (Å²) in [5.74, 6) is -0.807. The zero-order valence-electron chi connectivity index (χ0n) is 15.2. The molecular weight excluding hydrogens is 346 g/mol. The Kier molecular flexibility index (Phi) is 5.90. The van der Waals surface area contributed by atoms with Crippen molar-refractivity contribution in [3.8, 4) is 0 Å². The lowest BCUT2D eigenvalue weighted by Crippen LogP contribution is -2.41. The predicted octanol–water partition coefficient (Wildman–Crippen LogP) is 2.28. The third-order valence-corrected chi connectivity index (χ3v) is 4.53. The van der Waals surface area contributed by atoms with E-state index in [1.54, 1.807) is 0 Å². The van der Waals surface area contributed by atoms with Crippen LogP contribution >= 0.6 is 0 Å². The number of carboxylic acids is 1. The van der Waals surface area contributed by atoms with Crippen molar-refractivity contribution in [2.45, 2.75) is 25.7 Å². The van der Waals surface area contributed by atoms with Gasteiger partial charge in [0.25, 0.3) is 0 Å². The summed E-state index contributed by atoms with van der Waals surface area (Å²) in [7, 11) is 1.37. The SMILES string of the molecule is COC(=O)C1C=C2NC(CCCCC(=O)O)=C(c3ccccc3)NC2=NC1. The average Bonchev–Trinajstić information content (AvgIpc) is 2.70. The van der Waals surface area contributed by atoms with Crippen molar-refractivity contribution in [1.29, 1.82) is 0 Å². The number of unbranched alkanes of at least 4 members (excludes halogenated alkanes) is 1. The van der Waals surface area contributed by atoms with E-state index < -0.39 is 11.9 Å². The van der Waals surface area contributed by atoms with Crippen molar-refractivity contribution in [2.75, 3.05) is 13.7 Å². The van der Waals surface area contributed by atoms with Gasteiger partial charge >= 0.3 is 11.9 Å². The van der Waals surface area contributed by atoms with E-state index in [0.717, 1.165) is 29.1 Å². The molecule has 0 spiro atoms. The number of hydrogen-bond donors (Lipinski definition) is 3. The van der Waals surface area contributed by atoms with Crippen LogP contribution in [0, 0.1) is 5.92 Å². The molecule has 0 bridgehead atoms. The van der Waals surface area contributed by atoms with E-state index in [-0.39, 0.29) is 12.4 Å². The lowest BCUT2D eigenvalue weighted by Gasteiger charge is -2.30. The normalized spacial score (nSPS) is 18.5. The largest absolute Gasteiger partial charge is 0.481 e. The maximum Gasteiger partial charge on any atom is 0.314 e. The van der Waals surface area contributed by atoms with E-state index in [4.69, 9.17) is 9.84 Å². The monoisotopic (exact) mass is 369 g/mol. The Hall–Kier alpha value is -3.09. The second-order valence-corrected chi connectivity index (χ2v) is 6.47. The van der Waals surface area contributed by atoms with Crippen molar-refractivity contribution in [1.82, 2.24) is 10.6 Å². The van der Waals surface area contributed by atoms with Gasteiger partial charge in [0.1, 0.15) is 5.84 Å². The fourth-order valence-electron chi connectivity index (χ4n) is 3.14. The predicted molar refractivity (Wildman–Crippen MR) is 102 cm³/mol. The number of rotatable bonds is 7. The molecule has 3 rings (SSSR count). The number of esters is 1. The van der Waals surface area contributed by atoms with Crippen molar-refractivity contribution < 1.29 is 19.4 Å². The molecule has 1 aromatic carbocycles. The number of amidine groups is 1. The number of carbonyl (C=O) groups excluding carboxylic acids is 1. The molecule has 0 fully saturated rings. The summed E-state index contributed by atoms with van der Waals surface area (Å²) >= 11 is 0. The molecule has 2 aliphatic rings. The Morgan fingerprint density at radius 2 is 2.00 bits per heavy atom. The highest BCUT2D eigenvalue weighted by atomic mass is 16.5. The molecule has 142 valence electrons. The number of aliphatic carboxylic acids is 1. The number of nitrogens with zero attached hydrogens (tertiary/aromatic N) is 1. The number of ether oxygens (including phenoxy) is 1. The number of carbonyl (C=O) groups is 2. The van der Waals surface area contributed by atoms with E-state index in [1.165, 1.54) is 7.11 Å². The molecule has 0 saturated heterocycles. The summed E-state index contributed by atoms with van der Waals surface area (Å²) in [5.41, 5.74) is 3.67. The number of methoxy groups -OCH3 is 1. The maximum atomic E-state index is 11.8. The number of hydrogen-bond acceptors (Lipinski definition) is 6. The minimum absolute atomic E-state index is 0.154. The standard InChI is InChI=1S/C20H23N3O4/c1-27-20(26)14-11-16-19(21-12-14)23-18(13-7-3-2-4-8-13)15(22-16)9-5-6-10-17(24)25/h2-4,7-8,11,14,22H,5-6,9-10,12H2,1H3,(H,21,23)(H,24,25). The number of fused-ring (bicyclic) bond motifs is 1. The van der Waals surface area contributed by atoms with E-state index >= 15 is 0 Å². The van der Waals surface area contributed by atoms with Gasteiger partial charge in [-0.3, -0.25) is 14.6 Å². The highest BCUT2D eigenvalue weighted by molar-refractivity contribution is 6.06. The summed E-state index contributed by atoms with van der Waals surface area (Å²) in [6.07, 6.45) is 4.03. The Bertz CT molecular complexity index is 812. The molecule has 1 aromatic rings. The molecule has 0 radical (unpaired) electrons. The van der Waals surface area contributed by atoms with Crippen LogP contribution in [0.4, 0.5) is 0 Å². The maximum absolute atomic E-state index is 11.8. The molecule has 0 amide bonds. The molecule has 27 heavy (non-hydrogen) atoms. The quantitative estimate of drug-likeness (QED) is 0.504. The van der Waals surface area contributed by atoms with E-state index in [2.05, 4.69) is 15.6 Å². The topological polar surface area (TPSA) is 100 Å². The van der Waals surface area contributed by atoms with Crippen LogP contribution in [0.25, 0.3) is 5.70 Å². The third kappa shape index (κ3) is 4.55. The molecule has 0 aliphatic carbocycles. The lowest BCUT2D eigenvalue weighted by atomic mass is 10.00. The Labute approximate surface area is 157 Å². The fraction of sp³-hybridized carbons (Fsp3) is 0.350. The minimum atomic E-state index is -0.785. The molecule has 2 heterocycles. The first-order valence-corrected chi connectivity index (χ1v) is 8.97. The van der Waals surface area contributed by atoms with Gasteiger partial charge in [0.05, 0.1) is 31.0 Å². The fourth-order valence-corrected chi connectivity index (χ4v) is 3.14. The minimum Gasteiger partial charge on any atom is -0.481 e. The molecule has 7 nitrogen and oxygen atoms in total. The molecule has 2 aliphatic heterocycles. The summed E-state index contributed by atoms with van der Waals surface area (Å²) in [4.78, 5) is 27.1. The number of carboxylic acid groups (broad SMARTS) is 1. The van der Waals surface area contributed by atoms with Crippen molar-refractivity contribution in [3.63, 3.8) is 0 Å². The first-order chi connectivity index (χ1) is 13.1. The molecule has 1 atom stereocenters. The molecule has 7 heteroatoms. The van der Waals surface area contributed by atoms with Crippen LogP contribution in [-0.4, -0.2) is 36.5 Å². The molecule has 1 unspecified atom stereocenters. The second kappa shape index (κ2) is 8.53. The summed E-state index contributed by atoms with van der Waals surface area (Å²) in [6, 6.07) is 9.91. The van der Waals surface area contributed by atoms with Crippen LogP contribution in [0.5, 0.6) is 0 Å². The van der Waals surface area contributed by atoms with Crippen LogP contribution in [0.15, 0.2) is 52.8 Å². The number of nitrogens with one attached hydrogen (secondary N) is 2.